The van der Waals surface area contributed by atoms with Gasteiger partial charge in [0, 0.05) is 18.0 Å². The molecule has 0 aliphatic rings. The van der Waals surface area contributed by atoms with Gasteiger partial charge in [-0.2, -0.15) is 0 Å². The number of phenolic OH excluding ortho intramolecular Hbond substituents is 1. The Hall–Kier alpha value is -3.23. The molecule has 0 radical (unpaired) electrons. The molecule has 0 saturated carbocycles. The van der Waals surface area contributed by atoms with Crippen molar-refractivity contribution in [3.63, 3.8) is 0 Å². The molecule has 2 rings (SSSR count). The molecule has 0 bridgehead atoms. The largest absolute Gasteiger partial charge is 0.508 e. The monoisotopic (exact) mass is 434 g/mol. The zero-order chi connectivity index (χ0) is 23.6. The molecule has 0 unspecified atom stereocenters. The number of hydrogen-bond acceptors (Lipinski definition) is 7. The lowest BCUT2D eigenvalue weighted by molar-refractivity contribution is -0.143. The van der Waals surface area contributed by atoms with Gasteiger partial charge in [-0.3, -0.25) is 4.57 Å². The summed E-state index contributed by atoms with van der Waals surface area (Å²) in [5.41, 5.74) is -0.438. The van der Waals surface area contributed by atoms with Crippen LogP contribution in [0.1, 0.15) is 47.1 Å². The number of carbonyl (C=O) groups is 3. The molecule has 0 fully saturated rings. The molecule has 1 atom stereocenters. The van der Waals surface area contributed by atoms with E-state index in [-0.39, 0.29) is 12.2 Å². The van der Waals surface area contributed by atoms with Crippen molar-refractivity contribution >= 4 is 29.1 Å². The molecule has 170 valence electrons. The van der Waals surface area contributed by atoms with Crippen LogP contribution in [0.3, 0.4) is 0 Å². The first-order valence-electron chi connectivity index (χ1n) is 9.84. The molecule has 0 aliphatic heterocycles. The number of aromatic nitrogens is 1. The maximum atomic E-state index is 12.7. The van der Waals surface area contributed by atoms with Crippen molar-refractivity contribution < 1.29 is 33.7 Å². The SMILES string of the molecule is COC(=O)[C@H](Cc1cn(C(=O)OC(C)(C)C)c2ccc(O)cc12)NC(=O)OC(C)(C)C. The summed E-state index contributed by atoms with van der Waals surface area (Å²) in [6.45, 7) is 10.4. The minimum atomic E-state index is -1.07. The normalized spacial score (nSPS) is 12.9. The van der Waals surface area contributed by atoms with Crippen molar-refractivity contribution in [2.45, 2.75) is 65.2 Å². The van der Waals surface area contributed by atoms with Gasteiger partial charge in [-0.15, -0.1) is 0 Å². The summed E-state index contributed by atoms with van der Waals surface area (Å²) in [6.07, 6.45) is 0.137. The summed E-state index contributed by atoms with van der Waals surface area (Å²) in [5.74, 6) is -0.686. The van der Waals surface area contributed by atoms with E-state index in [0.717, 1.165) is 0 Å². The van der Waals surface area contributed by atoms with Crippen molar-refractivity contribution in [3.8, 4) is 5.75 Å². The van der Waals surface area contributed by atoms with Crippen molar-refractivity contribution in [1.29, 1.82) is 0 Å². The molecule has 1 aromatic heterocycles. The number of fused-ring (bicyclic) bond motifs is 1. The second kappa shape index (κ2) is 8.87. The van der Waals surface area contributed by atoms with E-state index in [1.54, 1.807) is 47.6 Å². The van der Waals surface area contributed by atoms with Crippen molar-refractivity contribution in [1.82, 2.24) is 9.88 Å². The van der Waals surface area contributed by atoms with Gasteiger partial charge in [0.1, 0.15) is 23.0 Å². The summed E-state index contributed by atoms with van der Waals surface area (Å²) >= 11 is 0. The number of aromatic hydroxyl groups is 1. The molecule has 1 aromatic carbocycles. The van der Waals surface area contributed by atoms with Crippen molar-refractivity contribution in [2.24, 2.45) is 0 Å². The lowest BCUT2D eigenvalue weighted by Crippen LogP contribution is -2.45. The van der Waals surface area contributed by atoms with Gasteiger partial charge in [0.25, 0.3) is 0 Å². The van der Waals surface area contributed by atoms with E-state index in [0.29, 0.717) is 16.5 Å². The van der Waals surface area contributed by atoms with Gasteiger partial charge >= 0.3 is 18.2 Å². The molecule has 9 nitrogen and oxygen atoms in total. The van der Waals surface area contributed by atoms with Crippen LogP contribution in [-0.4, -0.2) is 52.2 Å². The van der Waals surface area contributed by atoms with Gasteiger partial charge in [0.05, 0.1) is 12.6 Å². The predicted molar refractivity (Wildman–Crippen MR) is 114 cm³/mol. The van der Waals surface area contributed by atoms with Crippen molar-refractivity contribution in [2.75, 3.05) is 7.11 Å². The smallest absolute Gasteiger partial charge is 0.419 e. The van der Waals surface area contributed by atoms with Crippen LogP contribution >= 0.6 is 0 Å². The van der Waals surface area contributed by atoms with Crippen LogP contribution in [-0.2, 0) is 25.4 Å². The fraction of sp³-hybridized carbons (Fsp3) is 0.500. The van der Waals surface area contributed by atoms with Gasteiger partial charge in [0.15, 0.2) is 0 Å². The Bertz CT molecular complexity index is 980. The fourth-order valence-corrected chi connectivity index (χ4v) is 2.92. The first-order chi connectivity index (χ1) is 14.2. The third kappa shape index (κ3) is 6.63. The summed E-state index contributed by atoms with van der Waals surface area (Å²) < 4.78 is 16.8. The summed E-state index contributed by atoms with van der Waals surface area (Å²) in [6, 6.07) is 3.43. The molecule has 31 heavy (non-hydrogen) atoms. The quantitative estimate of drug-likeness (QED) is 0.556. The van der Waals surface area contributed by atoms with Crippen LogP contribution in [0.25, 0.3) is 10.9 Å². The predicted octanol–water partition coefficient (Wildman–Crippen LogP) is 3.74. The number of benzene rings is 1. The van der Waals surface area contributed by atoms with Gasteiger partial charge in [-0.25, -0.2) is 14.4 Å². The highest BCUT2D eigenvalue weighted by molar-refractivity contribution is 5.93. The fourth-order valence-electron chi connectivity index (χ4n) is 2.92. The van der Waals surface area contributed by atoms with E-state index in [4.69, 9.17) is 14.2 Å². The van der Waals surface area contributed by atoms with E-state index in [2.05, 4.69) is 5.32 Å². The summed E-state index contributed by atoms with van der Waals surface area (Å²) in [5, 5.41) is 13.0. The molecule has 2 N–H and O–H groups in total. The number of nitrogens with one attached hydrogen (secondary N) is 1. The lowest BCUT2D eigenvalue weighted by Gasteiger charge is -2.22. The Morgan fingerprint density at radius 1 is 1.06 bits per heavy atom. The molecular weight excluding hydrogens is 404 g/mol. The van der Waals surface area contributed by atoms with E-state index >= 15 is 0 Å². The minimum absolute atomic E-state index is 0.00165. The van der Waals surface area contributed by atoms with Crippen LogP contribution in [0.5, 0.6) is 5.75 Å². The van der Waals surface area contributed by atoms with Crippen LogP contribution < -0.4 is 5.32 Å². The third-order valence-electron chi connectivity index (χ3n) is 4.06. The van der Waals surface area contributed by atoms with Gasteiger partial charge in [-0.05, 0) is 65.3 Å². The molecule has 1 heterocycles. The van der Waals surface area contributed by atoms with Gasteiger partial charge in [-0.1, -0.05) is 0 Å². The number of amides is 1. The average Bonchev–Trinajstić information content (AvgIpc) is 2.95. The second-order valence-corrected chi connectivity index (χ2v) is 9.13. The average molecular weight is 434 g/mol. The first kappa shape index (κ1) is 24.0. The number of nitrogens with zero attached hydrogens (tertiary/aromatic N) is 1. The van der Waals surface area contributed by atoms with Gasteiger partial charge in [0.2, 0.25) is 0 Å². The Morgan fingerprint density at radius 3 is 2.23 bits per heavy atom. The van der Waals surface area contributed by atoms with Crippen LogP contribution in [0.2, 0.25) is 0 Å². The summed E-state index contributed by atoms with van der Waals surface area (Å²) in [7, 11) is 1.21. The number of alkyl carbamates (subject to hydrolysis) is 1. The van der Waals surface area contributed by atoms with Crippen LogP contribution in [0, 0.1) is 0 Å². The Kier molecular flexibility index (Phi) is 6.88. The number of rotatable bonds is 4. The molecule has 9 heteroatoms. The Balaban J connectivity index is 2.42. The van der Waals surface area contributed by atoms with Crippen LogP contribution in [0.4, 0.5) is 9.59 Å². The number of phenols is 1. The molecule has 1 amide bonds. The topological polar surface area (TPSA) is 116 Å². The molecule has 0 spiro atoms. The first-order valence-corrected chi connectivity index (χ1v) is 9.84. The zero-order valence-electron chi connectivity index (χ0n) is 18.9. The standard InChI is InChI=1S/C22H30N2O7/c1-21(2,3)30-19(27)23-16(18(26)29-7)10-13-12-24(20(28)31-22(4,5)6)17-9-8-14(25)11-15(13)17/h8-9,11-12,16,25H,10H2,1-7H3,(H,23,27)/t16-/m0/s1. The second-order valence-electron chi connectivity index (χ2n) is 9.13. The molecule has 0 saturated heterocycles. The van der Waals surface area contributed by atoms with E-state index in [1.165, 1.54) is 30.0 Å². The van der Waals surface area contributed by atoms with E-state index in [9.17, 15) is 19.5 Å². The van der Waals surface area contributed by atoms with E-state index in [1.807, 2.05) is 0 Å². The minimum Gasteiger partial charge on any atom is -0.508 e. The number of esters is 1. The molecular formula is C22H30N2O7. The number of carbonyl (C=O) groups excluding carboxylic acids is 3. The summed E-state index contributed by atoms with van der Waals surface area (Å²) in [4.78, 5) is 37.2. The Morgan fingerprint density at radius 2 is 1.68 bits per heavy atom. The third-order valence-corrected chi connectivity index (χ3v) is 4.06. The Labute approximate surface area is 181 Å². The lowest BCUT2D eigenvalue weighted by atomic mass is 10.0. The van der Waals surface area contributed by atoms with E-state index < -0.39 is 35.4 Å². The molecule has 0 aliphatic carbocycles. The number of methoxy groups -OCH3 is 1. The maximum Gasteiger partial charge on any atom is 0.419 e. The highest BCUT2D eigenvalue weighted by Gasteiger charge is 2.28. The number of ether oxygens (including phenoxy) is 3. The number of hydrogen-bond donors (Lipinski definition) is 2. The highest BCUT2D eigenvalue weighted by atomic mass is 16.6. The zero-order valence-corrected chi connectivity index (χ0v) is 18.9. The van der Waals surface area contributed by atoms with Crippen LogP contribution in [0.15, 0.2) is 24.4 Å². The maximum absolute atomic E-state index is 12.7. The van der Waals surface area contributed by atoms with Crippen molar-refractivity contribution in [3.05, 3.63) is 30.0 Å². The van der Waals surface area contributed by atoms with Gasteiger partial charge < -0.3 is 24.6 Å². The molecule has 2 aromatic rings. The highest BCUT2D eigenvalue weighted by Crippen LogP contribution is 2.27.